The molecule has 0 radical (unpaired) electrons. The summed E-state index contributed by atoms with van der Waals surface area (Å²) in [5.74, 6) is -0.162. The number of nitriles is 1. The van der Waals surface area contributed by atoms with Gasteiger partial charge in [0.1, 0.15) is 17.7 Å². The van der Waals surface area contributed by atoms with Crippen LogP contribution in [0.1, 0.15) is 25.3 Å². The molecule has 0 saturated carbocycles. The molecule has 0 unspecified atom stereocenters. The molecule has 1 heterocycles. The number of nitrogens with zero attached hydrogens (tertiary/aromatic N) is 2. The minimum absolute atomic E-state index is 0.247. The first-order chi connectivity index (χ1) is 9.12. The zero-order valence-electron chi connectivity index (χ0n) is 11.0. The lowest BCUT2D eigenvalue weighted by atomic mass is 10.1. The molecule has 100 valence electrons. The molecule has 1 fully saturated rings. The van der Waals surface area contributed by atoms with Gasteiger partial charge in [0.05, 0.1) is 11.3 Å². The van der Waals surface area contributed by atoms with Gasteiger partial charge in [-0.3, -0.25) is 4.79 Å². The first-order valence-corrected chi connectivity index (χ1v) is 6.15. The molecule has 0 aliphatic carbocycles. The fourth-order valence-electron chi connectivity index (χ4n) is 1.87. The Kier molecular flexibility index (Phi) is 5.74. The second-order valence-electron chi connectivity index (χ2n) is 4.21. The standard InChI is InChI=1S/C12H11FN2O.C3H6/c13-10-1-2-12(9(7-10)8-14)15-5-3-11(16)4-6-15;1-3-2/h1-2,7H,3-6H2;3H,1H2,2H3. The van der Waals surface area contributed by atoms with Crippen molar-refractivity contribution < 1.29 is 9.18 Å². The van der Waals surface area contributed by atoms with E-state index >= 15 is 0 Å². The minimum atomic E-state index is -0.409. The Morgan fingerprint density at radius 1 is 1.42 bits per heavy atom. The van der Waals surface area contributed by atoms with Gasteiger partial charge in [-0.25, -0.2) is 4.39 Å². The highest BCUT2D eigenvalue weighted by atomic mass is 19.1. The average molecular weight is 260 g/mol. The maximum absolute atomic E-state index is 12.9. The number of ketones is 1. The summed E-state index contributed by atoms with van der Waals surface area (Å²) in [5.41, 5.74) is 1.05. The van der Waals surface area contributed by atoms with Crippen LogP contribution in [0.25, 0.3) is 0 Å². The van der Waals surface area contributed by atoms with E-state index in [0.29, 0.717) is 31.5 Å². The van der Waals surface area contributed by atoms with E-state index in [9.17, 15) is 9.18 Å². The quantitative estimate of drug-likeness (QED) is 0.729. The van der Waals surface area contributed by atoms with Crippen LogP contribution in [-0.2, 0) is 4.79 Å². The summed E-state index contributed by atoms with van der Waals surface area (Å²) < 4.78 is 12.9. The number of hydrogen-bond donors (Lipinski definition) is 0. The number of carbonyl (C=O) groups is 1. The van der Waals surface area contributed by atoms with Crippen molar-refractivity contribution in [2.24, 2.45) is 0 Å². The van der Waals surface area contributed by atoms with E-state index in [0.717, 1.165) is 5.69 Å². The Balaban J connectivity index is 0.000000550. The van der Waals surface area contributed by atoms with E-state index in [1.807, 2.05) is 17.9 Å². The predicted octanol–water partition coefficient (Wildman–Crippen LogP) is 3.06. The third-order valence-corrected chi connectivity index (χ3v) is 2.74. The number of anilines is 1. The number of hydrogen-bond acceptors (Lipinski definition) is 3. The van der Waals surface area contributed by atoms with Crippen molar-refractivity contribution in [2.45, 2.75) is 19.8 Å². The zero-order chi connectivity index (χ0) is 14.3. The number of carbonyl (C=O) groups excluding carboxylic acids is 1. The Bertz CT molecular complexity index is 495. The average Bonchev–Trinajstić information content (AvgIpc) is 2.41. The predicted molar refractivity (Wildman–Crippen MR) is 73.4 cm³/mol. The molecule has 0 N–H and O–H groups in total. The lowest BCUT2D eigenvalue weighted by Crippen LogP contribution is -2.34. The highest BCUT2D eigenvalue weighted by molar-refractivity contribution is 5.81. The topological polar surface area (TPSA) is 44.1 Å². The largest absolute Gasteiger partial charge is 0.370 e. The summed E-state index contributed by atoms with van der Waals surface area (Å²) in [7, 11) is 0. The normalized spacial score (nSPS) is 14.2. The number of allylic oxidation sites excluding steroid dienone is 1. The Hall–Kier alpha value is -2.15. The van der Waals surface area contributed by atoms with Crippen molar-refractivity contribution in [1.82, 2.24) is 0 Å². The van der Waals surface area contributed by atoms with Crippen LogP contribution in [0.15, 0.2) is 30.9 Å². The molecule has 3 nitrogen and oxygen atoms in total. The summed E-state index contributed by atoms with van der Waals surface area (Å²) in [6.45, 7) is 6.47. The fourth-order valence-corrected chi connectivity index (χ4v) is 1.87. The van der Waals surface area contributed by atoms with Crippen LogP contribution in [0.2, 0.25) is 0 Å². The minimum Gasteiger partial charge on any atom is -0.370 e. The molecule has 0 aromatic heterocycles. The molecule has 1 aromatic rings. The second kappa shape index (κ2) is 7.32. The summed E-state index contributed by atoms with van der Waals surface area (Å²) in [4.78, 5) is 13.1. The van der Waals surface area contributed by atoms with Gasteiger partial charge in [-0.15, -0.1) is 6.58 Å². The number of halogens is 1. The van der Waals surface area contributed by atoms with Crippen LogP contribution in [0.5, 0.6) is 0 Å². The van der Waals surface area contributed by atoms with Gasteiger partial charge < -0.3 is 4.90 Å². The third kappa shape index (κ3) is 4.22. The Labute approximate surface area is 113 Å². The van der Waals surface area contributed by atoms with Gasteiger partial charge in [0.25, 0.3) is 0 Å². The van der Waals surface area contributed by atoms with Gasteiger partial charge in [-0.05, 0) is 25.1 Å². The molecule has 1 aliphatic rings. The molecule has 1 aliphatic heterocycles. The lowest BCUT2D eigenvalue weighted by molar-refractivity contribution is -0.119. The highest BCUT2D eigenvalue weighted by Gasteiger charge is 2.18. The van der Waals surface area contributed by atoms with Crippen molar-refractivity contribution in [1.29, 1.82) is 5.26 Å². The van der Waals surface area contributed by atoms with Gasteiger partial charge in [0.2, 0.25) is 0 Å². The third-order valence-electron chi connectivity index (χ3n) is 2.74. The van der Waals surface area contributed by atoms with Crippen LogP contribution in [0, 0.1) is 17.1 Å². The number of benzene rings is 1. The molecule has 0 atom stereocenters. The van der Waals surface area contributed by atoms with Crippen LogP contribution in [0.4, 0.5) is 10.1 Å². The zero-order valence-corrected chi connectivity index (χ0v) is 11.0. The van der Waals surface area contributed by atoms with Crippen molar-refractivity contribution in [3.05, 3.63) is 42.2 Å². The molecule has 1 saturated heterocycles. The van der Waals surface area contributed by atoms with Gasteiger partial charge in [-0.2, -0.15) is 5.26 Å². The van der Waals surface area contributed by atoms with E-state index in [1.165, 1.54) is 12.1 Å². The number of Topliss-reactive ketones (excluding diaryl/α,β-unsaturated/α-hetero) is 1. The number of rotatable bonds is 1. The second-order valence-corrected chi connectivity index (χ2v) is 4.21. The van der Waals surface area contributed by atoms with Gasteiger partial charge in [0, 0.05) is 25.9 Å². The lowest BCUT2D eigenvalue weighted by Gasteiger charge is -2.28. The monoisotopic (exact) mass is 260 g/mol. The summed E-state index contributed by atoms with van der Waals surface area (Å²) in [5, 5.41) is 8.92. The van der Waals surface area contributed by atoms with Crippen LogP contribution in [0.3, 0.4) is 0 Å². The highest BCUT2D eigenvalue weighted by Crippen LogP contribution is 2.23. The number of piperidine rings is 1. The molecule has 0 bridgehead atoms. The van der Waals surface area contributed by atoms with Crippen LogP contribution >= 0.6 is 0 Å². The maximum atomic E-state index is 12.9. The van der Waals surface area contributed by atoms with E-state index in [1.54, 1.807) is 12.1 Å². The van der Waals surface area contributed by atoms with Crippen molar-refractivity contribution in [3.63, 3.8) is 0 Å². The summed E-state index contributed by atoms with van der Waals surface area (Å²) in [6, 6.07) is 6.15. The summed E-state index contributed by atoms with van der Waals surface area (Å²) in [6.07, 6.45) is 2.75. The van der Waals surface area contributed by atoms with Crippen LogP contribution in [-0.4, -0.2) is 18.9 Å². The molecule has 1 aromatic carbocycles. The molecular formula is C15H17FN2O. The Morgan fingerprint density at radius 3 is 2.53 bits per heavy atom. The van der Waals surface area contributed by atoms with Crippen molar-refractivity contribution >= 4 is 11.5 Å². The van der Waals surface area contributed by atoms with Crippen LogP contribution < -0.4 is 4.90 Å². The molecular weight excluding hydrogens is 243 g/mol. The SMILES string of the molecule is C=CC.N#Cc1cc(F)ccc1N1CCC(=O)CC1. The van der Waals surface area contributed by atoms with Gasteiger partial charge in [0.15, 0.2) is 0 Å². The molecule has 0 spiro atoms. The smallest absolute Gasteiger partial charge is 0.136 e. The first-order valence-electron chi connectivity index (χ1n) is 6.15. The van der Waals surface area contributed by atoms with E-state index < -0.39 is 5.82 Å². The van der Waals surface area contributed by atoms with E-state index in [-0.39, 0.29) is 5.78 Å². The molecule has 19 heavy (non-hydrogen) atoms. The maximum Gasteiger partial charge on any atom is 0.136 e. The fraction of sp³-hybridized carbons (Fsp3) is 0.333. The van der Waals surface area contributed by atoms with Gasteiger partial charge in [-0.1, -0.05) is 6.08 Å². The van der Waals surface area contributed by atoms with Crippen molar-refractivity contribution in [2.75, 3.05) is 18.0 Å². The Morgan fingerprint density at radius 2 is 2.00 bits per heavy atom. The first kappa shape index (κ1) is 14.9. The molecule has 4 heteroatoms. The van der Waals surface area contributed by atoms with E-state index in [2.05, 4.69) is 6.58 Å². The van der Waals surface area contributed by atoms with Crippen molar-refractivity contribution in [3.8, 4) is 6.07 Å². The summed E-state index contributed by atoms with van der Waals surface area (Å²) >= 11 is 0. The molecule has 0 amide bonds. The van der Waals surface area contributed by atoms with E-state index in [4.69, 9.17) is 5.26 Å². The molecule has 2 rings (SSSR count). The van der Waals surface area contributed by atoms with Gasteiger partial charge >= 0.3 is 0 Å².